The second kappa shape index (κ2) is 6.13. The third-order valence-corrected chi connectivity index (χ3v) is 4.81. The average molecular weight is 330 g/mol. The Balaban J connectivity index is 1.61. The summed E-state index contributed by atoms with van der Waals surface area (Å²) in [7, 11) is 0. The minimum Gasteiger partial charge on any atom is -0.290 e. The molecule has 4 nitrogen and oxygen atoms in total. The molecule has 25 heavy (non-hydrogen) atoms. The van der Waals surface area contributed by atoms with E-state index in [0.717, 1.165) is 28.9 Å². The van der Waals surface area contributed by atoms with Gasteiger partial charge in [-0.1, -0.05) is 49.4 Å². The van der Waals surface area contributed by atoms with Crippen molar-refractivity contribution in [3.8, 4) is 11.3 Å². The number of H-pyrrole nitrogens is 1. The number of carbonyl (C=O) groups is 2. The number of aryl methyl sites for hydroxylation is 1. The Hall–Kier alpha value is -3.01. The highest BCUT2D eigenvalue weighted by Crippen LogP contribution is 2.33. The molecule has 4 rings (SSSR count). The highest BCUT2D eigenvalue weighted by Gasteiger charge is 2.38. The van der Waals surface area contributed by atoms with E-state index in [1.807, 2.05) is 30.3 Å². The first-order valence-corrected chi connectivity index (χ1v) is 8.48. The predicted molar refractivity (Wildman–Crippen MR) is 95.6 cm³/mol. The smallest absolute Gasteiger partial charge is 0.229 e. The summed E-state index contributed by atoms with van der Waals surface area (Å²) in [5.41, 5.74) is 5.38. The maximum Gasteiger partial charge on any atom is 0.229 e. The molecule has 1 aliphatic carbocycles. The second-order valence-corrected chi connectivity index (χ2v) is 6.37. The number of fused-ring (bicyclic) bond motifs is 1. The number of carbonyl (C=O) groups excluding carboxylic acids is 2. The Bertz CT molecular complexity index is 971. The summed E-state index contributed by atoms with van der Waals surface area (Å²) in [6.07, 6.45) is 1.43. The molecule has 1 heterocycles. The highest BCUT2D eigenvalue weighted by molar-refractivity contribution is 6.48. The minimum atomic E-state index is -0.418. The van der Waals surface area contributed by atoms with E-state index >= 15 is 0 Å². The van der Waals surface area contributed by atoms with Crippen LogP contribution in [0.25, 0.3) is 11.3 Å². The summed E-state index contributed by atoms with van der Waals surface area (Å²) in [6.45, 7) is 2.12. The largest absolute Gasteiger partial charge is 0.290 e. The van der Waals surface area contributed by atoms with Crippen LogP contribution in [0.3, 0.4) is 0 Å². The number of Topliss-reactive ketones (excluding diaryl/α,β-unsaturated/α-hetero) is 2. The predicted octanol–water partition coefficient (Wildman–Crippen LogP) is 3.73. The Kier molecular flexibility index (Phi) is 3.80. The third-order valence-electron chi connectivity index (χ3n) is 4.81. The fourth-order valence-electron chi connectivity index (χ4n) is 3.43. The fourth-order valence-corrected chi connectivity index (χ4v) is 3.43. The van der Waals surface area contributed by atoms with Gasteiger partial charge in [-0.25, -0.2) is 0 Å². The van der Waals surface area contributed by atoms with E-state index in [0.29, 0.717) is 12.0 Å². The Morgan fingerprint density at radius 2 is 1.88 bits per heavy atom. The Morgan fingerprint density at radius 1 is 1.04 bits per heavy atom. The Labute approximate surface area is 145 Å². The zero-order chi connectivity index (χ0) is 17.4. The molecule has 2 aromatic carbocycles. The van der Waals surface area contributed by atoms with Gasteiger partial charge in [-0.3, -0.25) is 14.7 Å². The number of rotatable bonds is 4. The van der Waals surface area contributed by atoms with Crippen molar-refractivity contribution in [1.29, 1.82) is 0 Å². The van der Waals surface area contributed by atoms with E-state index in [9.17, 15) is 9.59 Å². The molecular weight excluding hydrogens is 312 g/mol. The lowest BCUT2D eigenvalue weighted by Gasteiger charge is -2.07. The monoisotopic (exact) mass is 330 g/mol. The number of hydrogen-bond donors (Lipinski definition) is 1. The quantitative estimate of drug-likeness (QED) is 0.741. The van der Waals surface area contributed by atoms with Gasteiger partial charge in [0.05, 0.1) is 11.6 Å². The standard InChI is InChI=1S/C21H18N2O2/c1-2-13-6-5-7-14(10-13)19-12-15(22-23-19)11-18-16-8-3-4-9-17(16)20(24)21(18)25/h3-10,12,18H,2,11H2,1H3,(H,22,23). The van der Waals surface area contributed by atoms with E-state index in [1.165, 1.54) is 5.56 Å². The first-order valence-electron chi connectivity index (χ1n) is 8.48. The molecule has 0 fully saturated rings. The van der Waals surface area contributed by atoms with Crippen molar-refractivity contribution in [3.63, 3.8) is 0 Å². The lowest BCUT2D eigenvalue weighted by atomic mass is 9.95. The highest BCUT2D eigenvalue weighted by atomic mass is 16.2. The molecule has 0 radical (unpaired) electrons. The molecule has 0 bridgehead atoms. The molecule has 0 saturated carbocycles. The van der Waals surface area contributed by atoms with E-state index in [4.69, 9.17) is 0 Å². The number of nitrogens with zero attached hydrogens (tertiary/aromatic N) is 1. The first kappa shape index (κ1) is 15.5. The van der Waals surface area contributed by atoms with Gasteiger partial charge >= 0.3 is 0 Å². The second-order valence-electron chi connectivity index (χ2n) is 6.37. The third kappa shape index (κ3) is 2.70. The lowest BCUT2D eigenvalue weighted by Crippen LogP contribution is -2.14. The maximum absolute atomic E-state index is 12.3. The number of benzene rings is 2. The fraction of sp³-hybridized carbons (Fsp3) is 0.190. The minimum absolute atomic E-state index is 0.328. The molecule has 0 spiro atoms. The van der Waals surface area contributed by atoms with Gasteiger partial charge in [-0.2, -0.15) is 5.10 Å². The molecule has 0 saturated heterocycles. The number of nitrogens with one attached hydrogen (secondary N) is 1. The van der Waals surface area contributed by atoms with Gasteiger partial charge in [0.2, 0.25) is 11.6 Å². The van der Waals surface area contributed by atoms with Crippen LogP contribution in [0.15, 0.2) is 54.6 Å². The van der Waals surface area contributed by atoms with Crippen LogP contribution in [-0.2, 0) is 17.6 Å². The average Bonchev–Trinajstić information content (AvgIpc) is 3.22. The molecule has 4 heteroatoms. The van der Waals surface area contributed by atoms with Crippen molar-refractivity contribution in [3.05, 3.63) is 77.0 Å². The van der Waals surface area contributed by atoms with Crippen molar-refractivity contribution in [2.75, 3.05) is 0 Å². The van der Waals surface area contributed by atoms with E-state index in [-0.39, 0.29) is 11.6 Å². The van der Waals surface area contributed by atoms with Crippen LogP contribution in [0.1, 0.15) is 40.0 Å². The SMILES string of the molecule is CCc1cccc(-c2cc(CC3C(=O)C(=O)c4ccccc43)[nH]n2)c1. The molecule has 1 atom stereocenters. The van der Waals surface area contributed by atoms with Gasteiger partial charge in [0.1, 0.15) is 0 Å². The summed E-state index contributed by atoms with van der Waals surface area (Å²) in [5.74, 6) is -1.12. The number of ketones is 2. The van der Waals surface area contributed by atoms with Crippen LogP contribution >= 0.6 is 0 Å². The van der Waals surface area contributed by atoms with Crippen LogP contribution in [0.5, 0.6) is 0 Å². The zero-order valence-electron chi connectivity index (χ0n) is 14.0. The van der Waals surface area contributed by atoms with Gasteiger partial charge in [0.15, 0.2) is 0 Å². The summed E-state index contributed by atoms with van der Waals surface area (Å²) in [6, 6.07) is 17.5. The summed E-state index contributed by atoms with van der Waals surface area (Å²) in [4.78, 5) is 24.5. The van der Waals surface area contributed by atoms with Crippen molar-refractivity contribution in [2.45, 2.75) is 25.7 Å². The van der Waals surface area contributed by atoms with Gasteiger partial charge in [0.25, 0.3) is 0 Å². The van der Waals surface area contributed by atoms with Crippen molar-refractivity contribution in [1.82, 2.24) is 10.2 Å². The van der Waals surface area contributed by atoms with Crippen LogP contribution in [0.4, 0.5) is 0 Å². The van der Waals surface area contributed by atoms with Crippen molar-refractivity contribution < 1.29 is 9.59 Å². The number of hydrogen-bond acceptors (Lipinski definition) is 3. The number of aromatic nitrogens is 2. The normalized spacial score (nSPS) is 16.3. The van der Waals surface area contributed by atoms with Crippen molar-refractivity contribution >= 4 is 11.6 Å². The van der Waals surface area contributed by atoms with E-state index in [1.54, 1.807) is 12.1 Å². The molecule has 1 aliphatic rings. The van der Waals surface area contributed by atoms with Crippen LogP contribution < -0.4 is 0 Å². The van der Waals surface area contributed by atoms with E-state index < -0.39 is 5.92 Å². The van der Waals surface area contributed by atoms with Crippen LogP contribution in [0, 0.1) is 0 Å². The summed E-state index contributed by atoms with van der Waals surface area (Å²) in [5, 5.41) is 7.40. The summed E-state index contributed by atoms with van der Waals surface area (Å²) < 4.78 is 0. The molecule has 1 unspecified atom stereocenters. The molecule has 1 aromatic heterocycles. The van der Waals surface area contributed by atoms with Gasteiger partial charge < -0.3 is 0 Å². The van der Waals surface area contributed by atoms with Crippen LogP contribution in [0.2, 0.25) is 0 Å². The summed E-state index contributed by atoms with van der Waals surface area (Å²) >= 11 is 0. The Morgan fingerprint density at radius 3 is 2.72 bits per heavy atom. The van der Waals surface area contributed by atoms with Gasteiger partial charge in [-0.15, -0.1) is 0 Å². The van der Waals surface area contributed by atoms with Gasteiger partial charge in [0, 0.05) is 23.2 Å². The first-order chi connectivity index (χ1) is 12.2. The van der Waals surface area contributed by atoms with Gasteiger partial charge in [-0.05, 0) is 29.7 Å². The maximum atomic E-state index is 12.3. The van der Waals surface area contributed by atoms with Crippen LogP contribution in [-0.4, -0.2) is 21.8 Å². The zero-order valence-corrected chi connectivity index (χ0v) is 14.0. The molecule has 1 N–H and O–H groups in total. The lowest BCUT2D eigenvalue weighted by molar-refractivity contribution is -0.115. The molecular formula is C21H18N2O2. The van der Waals surface area contributed by atoms with E-state index in [2.05, 4.69) is 29.3 Å². The number of aromatic amines is 1. The topological polar surface area (TPSA) is 62.8 Å². The van der Waals surface area contributed by atoms with Crippen molar-refractivity contribution in [2.24, 2.45) is 0 Å². The molecule has 0 aliphatic heterocycles. The molecule has 3 aromatic rings. The molecule has 0 amide bonds. The molecule has 124 valence electrons.